The molecule has 1 rings (SSSR count). The Morgan fingerprint density at radius 1 is 1.33 bits per heavy atom. The number of carbonyl (C=O) groups is 1. The van der Waals surface area contributed by atoms with E-state index in [2.05, 4.69) is 32.8 Å². The molecule has 1 amide bonds. The second-order valence-corrected chi connectivity index (χ2v) is 6.90. The second kappa shape index (κ2) is 8.08. The van der Waals surface area contributed by atoms with E-state index in [1.54, 1.807) is 0 Å². The summed E-state index contributed by atoms with van der Waals surface area (Å²) in [5.41, 5.74) is 5.39. The maximum absolute atomic E-state index is 13.1. The Labute approximate surface area is 135 Å². The minimum atomic E-state index is -0.632. The van der Waals surface area contributed by atoms with Crippen molar-refractivity contribution >= 4 is 23.1 Å². The van der Waals surface area contributed by atoms with Gasteiger partial charge in [0.05, 0.1) is 10.4 Å². The summed E-state index contributed by atoms with van der Waals surface area (Å²) in [6.45, 7) is 5.81. The number of hydrogen-bond acceptors (Lipinski definition) is 3. The number of thiocarbonyl (C=S) groups is 1. The Balaban J connectivity index is 2.96. The van der Waals surface area contributed by atoms with Crippen LogP contribution in [0.2, 0.25) is 0 Å². The molecule has 0 aromatic carbocycles. The van der Waals surface area contributed by atoms with Crippen molar-refractivity contribution in [1.82, 2.24) is 9.80 Å². The molecule has 0 saturated carbocycles. The number of piperidine rings is 1. The first kappa shape index (κ1) is 18.4. The predicted molar refractivity (Wildman–Crippen MR) is 92.3 cm³/mol. The molecule has 1 saturated heterocycles. The van der Waals surface area contributed by atoms with Crippen LogP contribution in [0.5, 0.6) is 0 Å². The molecule has 1 unspecified atom stereocenters. The number of hydrogen-bond donors (Lipinski definition) is 1. The molecule has 0 aromatic heterocycles. The predicted octanol–water partition coefficient (Wildman–Crippen LogP) is 2.41. The summed E-state index contributed by atoms with van der Waals surface area (Å²) in [6, 6.07) is 0.440. The number of rotatable bonds is 7. The van der Waals surface area contributed by atoms with Crippen LogP contribution in [0.3, 0.4) is 0 Å². The van der Waals surface area contributed by atoms with Gasteiger partial charge in [0.2, 0.25) is 5.91 Å². The fourth-order valence-corrected chi connectivity index (χ4v) is 3.70. The van der Waals surface area contributed by atoms with E-state index in [0.717, 1.165) is 51.6 Å². The lowest BCUT2D eigenvalue weighted by Gasteiger charge is -2.41. The van der Waals surface area contributed by atoms with Gasteiger partial charge in [-0.1, -0.05) is 38.9 Å². The molecule has 0 spiro atoms. The molecule has 0 aromatic rings. The average molecular weight is 314 g/mol. The summed E-state index contributed by atoms with van der Waals surface area (Å²) in [5, 5.41) is 0. The van der Waals surface area contributed by atoms with Crippen molar-refractivity contribution in [1.29, 1.82) is 0 Å². The topological polar surface area (TPSA) is 49.6 Å². The van der Waals surface area contributed by atoms with Crippen LogP contribution in [0.25, 0.3) is 0 Å². The van der Waals surface area contributed by atoms with Gasteiger partial charge >= 0.3 is 0 Å². The summed E-state index contributed by atoms with van der Waals surface area (Å²) < 4.78 is 0. The van der Waals surface area contributed by atoms with E-state index in [9.17, 15) is 4.79 Å². The minimum absolute atomic E-state index is 0.158. The Bertz CT molecular complexity index is 365. The van der Waals surface area contributed by atoms with Gasteiger partial charge < -0.3 is 15.5 Å². The molecule has 2 N–H and O–H groups in total. The van der Waals surface area contributed by atoms with E-state index in [4.69, 9.17) is 18.0 Å². The van der Waals surface area contributed by atoms with Crippen LogP contribution in [0.4, 0.5) is 0 Å². The highest BCUT2D eigenvalue weighted by Gasteiger charge is 2.43. The normalized spacial score (nSPS) is 19.9. The van der Waals surface area contributed by atoms with E-state index < -0.39 is 5.41 Å². The third kappa shape index (κ3) is 4.16. The highest BCUT2D eigenvalue weighted by molar-refractivity contribution is 7.80. The lowest BCUT2D eigenvalue weighted by Crippen LogP contribution is -2.55. The first-order valence-electron chi connectivity index (χ1n) is 8.14. The van der Waals surface area contributed by atoms with E-state index in [0.29, 0.717) is 11.0 Å². The molecule has 1 fully saturated rings. The summed E-state index contributed by atoms with van der Waals surface area (Å²) >= 11 is 5.31. The summed E-state index contributed by atoms with van der Waals surface area (Å²) in [6.07, 6.45) is 5.58. The largest absolute Gasteiger partial charge is 0.392 e. The second-order valence-electron chi connectivity index (χ2n) is 6.46. The fraction of sp³-hybridized carbons (Fsp3) is 0.875. The van der Waals surface area contributed by atoms with Crippen LogP contribution < -0.4 is 5.73 Å². The van der Waals surface area contributed by atoms with Crippen LogP contribution in [0, 0.1) is 5.41 Å². The van der Waals surface area contributed by atoms with Crippen molar-refractivity contribution in [3.8, 4) is 0 Å². The molecule has 0 aliphatic carbocycles. The number of likely N-dealkylation sites (tertiary alicyclic amines) is 1. The van der Waals surface area contributed by atoms with Crippen molar-refractivity contribution in [2.75, 3.05) is 27.2 Å². The molecule has 122 valence electrons. The van der Waals surface area contributed by atoms with Gasteiger partial charge in [-0.3, -0.25) is 4.79 Å². The van der Waals surface area contributed by atoms with Gasteiger partial charge in [0.25, 0.3) is 0 Å². The molecule has 1 aliphatic heterocycles. The van der Waals surface area contributed by atoms with Crippen molar-refractivity contribution < 1.29 is 4.79 Å². The third-order valence-electron chi connectivity index (χ3n) is 4.65. The molecule has 0 bridgehead atoms. The number of likely N-dealkylation sites (N-methyl/N-ethyl adjacent to an activating group) is 1. The summed E-state index contributed by atoms with van der Waals surface area (Å²) in [4.78, 5) is 17.7. The highest BCUT2D eigenvalue weighted by Crippen LogP contribution is 2.34. The quantitative estimate of drug-likeness (QED) is 0.733. The van der Waals surface area contributed by atoms with Crippen molar-refractivity contribution in [2.45, 2.75) is 58.4 Å². The SMILES string of the molecule is CCCC(CCC)(C(=O)N1CCCC(N(C)C)C1)C(N)=S. The molecule has 1 heterocycles. The first-order valence-corrected chi connectivity index (χ1v) is 8.55. The number of carbonyl (C=O) groups excluding carboxylic acids is 1. The van der Waals surface area contributed by atoms with E-state index in [1.807, 2.05) is 4.90 Å². The van der Waals surface area contributed by atoms with Crippen molar-refractivity contribution in [3.05, 3.63) is 0 Å². The maximum atomic E-state index is 13.1. The first-order chi connectivity index (χ1) is 9.89. The van der Waals surface area contributed by atoms with E-state index >= 15 is 0 Å². The van der Waals surface area contributed by atoms with Gasteiger partial charge in [0, 0.05) is 19.1 Å². The van der Waals surface area contributed by atoms with Crippen LogP contribution >= 0.6 is 12.2 Å². The summed E-state index contributed by atoms with van der Waals surface area (Å²) in [7, 11) is 4.16. The lowest BCUT2D eigenvalue weighted by atomic mass is 9.77. The van der Waals surface area contributed by atoms with E-state index in [1.165, 1.54) is 0 Å². The Morgan fingerprint density at radius 3 is 2.33 bits per heavy atom. The standard InChI is InChI=1S/C16H31N3OS/c1-5-9-16(10-6-2,14(17)21)15(20)19-11-7-8-13(12-19)18(3)4/h13H,5-12H2,1-4H3,(H2,17,21). The Kier molecular flexibility index (Phi) is 7.07. The van der Waals surface area contributed by atoms with Crippen molar-refractivity contribution in [2.24, 2.45) is 11.1 Å². The molecule has 5 heteroatoms. The molecule has 4 nitrogen and oxygen atoms in total. The fourth-order valence-electron chi connectivity index (χ4n) is 3.41. The molecule has 21 heavy (non-hydrogen) atoms. The average Bonchev–Trinajstić information content (AvgIpc) is 2.46. The Morgan fingerprint density at radius 2 is 1.90 bits per heavy atom. The monoisotopic (exact) mass is 313 g/mol. The zero-order chi connectivity index (χ0) is 16.0. The van der Waals surface area contributed by atoms with E-state index in [-0.39, 0.29) is 5.91 Å². The number of nitrogens with zero attached hydrogens (tertiary/aromatic N) is 2. The van der Waals surface area contributed by atoms with Crippen molar-refractivity contribution in [3.63, 3.8) is 0 Å². The van der Waals surface area contributed by atoms with Gasteiger partial charge in [-0.15, -0.1) is 0 Å². The molecular weight excluding hydrogens is 282 g/mol. The molecule has 1 atom stereocenters. The van der Waals surface area contributed by atoms with Gasteiger partial charge in [0.15, 0.2) is 0 Å². The van der Waals surface area contributed by atoms with Crippen LogP contribution in [-0.4, -0.2) is 53.9 Å². The molecule has 0 radical (unpaired) electrons. The third-order valence-corrected chi connectivity index (χ3v) is 5.04. The van der Waals surface area contributed by atoms with Crippen LogP contribution in [-0.2, 0) is 4.79 Å². The van der Waals surface area contributed by atoms with Gasteiger partial charge in [0.1, 0.15) is 0 Å². The number of nitrogens with two attached hydrogens (primary N) is 1. The van der Waals surface area contributed by atoms with Crippen LogP contribution in [0.15, 0.2) is 0 Å². The highest BCUT2D eigenvalue weighted by atomic mass is 32.1. The Hall–Kier alpha value is -0.680. The molecule has 1 aliphatic rings. The van der Waals surface area contributed by atoms with Gasteiger partial charge in [-0.2, -0.15) is 0 Å². The number of amides is 1. The maximum Gasteiger partial charge on any atom is 0.235 e. The summed E-state index contributed by atoms with van der Waals surface area (Å²) in [5.74, 6) is 0.158. The van der Waals surface area contributed by atoms with Gasteiger partial charge in [-0.25, -0.2) is 0 Å². The molecular formula is C16H31N3OS. The van der Waals surface area contributed by atoms with Gasteiger partial charge in [-0.05, 0) is 39.8 Å². The zero-order valence-electron chi connectivity index (χ0n) is 14.0. The minimum Gasteiger partial charge on any atom is -0.392 e. The lowest BCUT2D eigenvalue weighted by molar-refractivity contribution is -0.141. The zero-order valence-corrected chi connectivity index (χ0v) is 14.8. The van der Waals surface area contributed by atoms with Crippen LogP contribution in [0.1, 0.15) is 52.4 Å². The smallest absolute Gasteiger partial charge is 0.235 e.